The van der Waals surface area contributed by atoms with E-state index in [-0.39, 0.29) is 44.6 Å². The maximum atomic E-state index is 12.9. The Labute approximate surface area is 316 Å². The van der Waals surface area contributed by atoms with Crippen LogP contribution in [0.3, 0.4) is 0 Å². The van der Waals surface area contributed by atoms with Gasteiger partial charge in [0.1, 0.15) is 34.1 Å². The van der Waals surface area contributed by atoms with E-state index in [4.69, 9.17) is 29.2 Å². The number of fused-ring (bicyclic) bond motifs is 6. The Kier molecular flexibility index (Phi) is 10.6. The number of halogens is 1. The summed E-state index contributed by atoms with van der Waals surface area (Å²) in [7, 11) is 3.79. The smallest absolute Gasteiger partial charge is 0.512 e. The number of rotatable bonds is 3. The first-order valence-electron chi connectivity index (χ1n) is 15.3. The molecule has 0 radical (unpaired) electrons. The molecule has 262 valence electrons. The van der Waals surface area contributed by atoms with Crippen LogP contribution in [-0.4, -0.2) is 34.1 Å². The van der Waals surface area contributed by atoms with E-state index in [9.17, 15) is 24.9 Å². The molecule has 0 saturated heterocycles. The Morgan fingerprint density at radius 1 is 0.698 bits per heavy atom. The zero-order chi connectivity index (χ0) is 37.3. The van der Waals surface area contributed by atoms with Gasteiger partial charge in [0.15, 0.2) is 0 Å². The van der Waals surface area contributed by atoms with Crippen LogP contribution in [0.5, 0.6) is 0 Å². The zero-order valence-electron chi connectivity index (χ0n) is 27.7. The Bertz CT molecular complexity index is 2980. The minimum Gasteiger partial charge on any atom is -0.512 e. The third-order valence-corrected chi connectivity index (χ3v) is 8.80. The number of carbonyl (C=O) groups excluding carboxylic acids is 1. The molecule has 0 atom stereocenters. The molecule has 0 aliphatic heterocycles. The summed E-state index contributed by atoms with van der Waals surface area (Å²) >= 11 is 6.00. The molecule has 8 aromatic rings. The van der Waals surface area contributed by atoms with Crippen molar-refractivity contribution in [3.05, 3.63) is 147 Å². The molecule has 13 nitrogen and oxygen atoms in total. The molecule has 15 heteroatoms. The second-order valence-electron chi connectivity index (χ2n) is 11.3. The van der Waals surface area contributed by atoms with Crippen molar-refractivity contribution in [3.63, 3.8) is 0 Å². The Hall–Kier alpha value is -7.01. The molecule has 0 aliphatic carbocycles. The molecule has 2 N–H and O–H groups in total. The summed E-state index contributed by atoms with van der Waals surface area (Å²) in [6, 6.07) is 29.0. The van der Waals surface area contributed by atoms with Crippen LogP contribution in [-0.2, 0) is 31.2 Å². The monoisotopic (exact) mass is 766 g/mol. The quantitative estimate of drug-likeness (QED) is 0.141. The van der Waals surface area contributed by atoms with Gasteiger partial charge in [0.25, 0.3) is 17.0 Å². The van der Waals surface area contributed by atoms with Crippen molar-refractivity contribution in [2.75, 3.05) is 0 Å². The Morgan fingerprint density at radius 3 is 1.57 bits per heavy atom. The first-order valence-corrected chi connectivity index (χ1v) is 15.7. The van der Waals surface area contributed by atoms with Crippen molar-refractivity contribution in [2.24, 2.45) is 19.8 Å². The summed E-state index contributed by atoms with van der Waals surface area (Å²) in [6.45, 7) is 4.75. The summed E-state index contributed by atoms with van der Waals surface area (Å²) < 4.78 is 6.87. The molecule has 8 rings (SSSR count). The zero-order valence-corrected chi connectivity index (χ0v) is 29.4. The number of para-hydroxylation sites is 2. The van der Waals surface area contributed by atoms with Crippen molar-refractivity contribution in [1.82, 2.24) is 28.2 Å². The number of aryl methyl sites for hydroxylation is 2. The third-order valence-electron chi connectivity index (χ3n) is 8.59. The van der Waals surface area contributed by atoms with Gasteiger partial charge in [0, 0.05) is 37.3 Å². The number of nitriles is 2. The SMILES string of the molecule is Cn1c2ccccc2c2c1cc(C#N)c(=O)n2-c1ccnc(C(N)=O)c1.Cn1c2ccccc2c2c1cc(C#N)c(=O)n2-c1ccnc(Cl)c1.[C-]#N.[Cu+]. The molecule has 0 saturated carbocycles. The van der Waals surface area contributed by atoms with E-state index in [0.717, 1.165) is 38.4 Å². The number of nitrogens with zero attached hydrogens (tertiary/aromatic N) is 9. The predicted octanol–water partition coefficient (Wildman–Crippen LogP) is 5.34. The number of benzene rings is 2. The average molecular weight is 768 g/mol. The maximum absolute atomic E-state index is 12.9. The first-order chi connectivity index (χ1) is 25.1. The molecule has 1 amide bonds. The molecule has 0 bridgehead atoms. The number of amides is 1. The van der Waals surface area contributed by atoms with Gasteiger partial charge in [-0.05, 0) is 48.5 Å². The van der Waals surface area contributed by atoms with E-state index in [1.807, 2.05) is 83.9 Å². The second-order valence-corrected chi connectivity index (χ2v) is 11.7. The fourth-order valence-electron chi connectivity index (χ4n) is 6.30. The van der Waals surface area contributed by atoms with E-state index >= 15 is 0 Å². The van der Waals surface area contributed by atoms with Crippen molar-refractivity contribution in [1.29, 1.82) is 15.8 Å². The summed E-state index contributed by atoms with van der Waals surface area (Å²) in [5.41, 5.74) is 10.5. The van der Waals surface area contributed by atoms with Crippen molar-refractivity contribution >= 4 is 61.4 Å². The summed E-state index contributed by atoms with van der Waals surface area (Å²) in [4.78, 5) is 45.2. The van der Waals surface area contributed by atoms with Crippen molar-refractivity contribution < 1.29 is 21.9 Å². The molecule has 0 spiro atoms. The van der Waals surface area contributed by atoms with Crippen LogP contribution >= 0.6 is 11.6 Å². The summed E-state index contributed by atoms with van der Waals surface area (Å²) in [6.07, 6.45) is 2.96. The molecule has 53 heavy (non-hydrogen) atoms. The van der Waals surface area contributed by atoms with Gasteiger partial charge in [-0.15, -0.1) is 0 Å². The Balaban J connectivity index is 0.000000192. The summed E-state index contributed by atoms with van der Waals surface area (Å²) in [5, 5.41) is 27.1. The molecule has 6 heterocycles. The summed E-state index contributed by atoms with van der Waals surface area (Å²) in [5.74, 6) is -0.689. The number of pyridine rings is 4. The van der Waals surface area contributed by atoms with Gasteiger partial charge >= 0.3 is 17.1 Å². The Morgan fingerprint density at radius 2 is 1.13 bits per heavy atom. The fourth-order valence-corrected chi connectivity index (χ4v) is 6.47. The first kappa shape index (κ1) is 37.2. The molecule has 6 aromatic heterocycles. The van der Waals surface area contributed by atoms with Crippen LogP contribution in [0.15, 0.2) is 107 Å². The molecule has 0 unspecified atom stereocenters. The largest absolute Gasteiger partial charge is 1.00 e. The van der Waals surface area contributed by atoms with Gasteiger partial charge in [-0.2, -0.15) is 10.5 Å². The molecular formula is C38H24ClCuN10O3. The number of aromatic nitrogens is 6. The minimum absolute atomic E-state index is 0. The van der Waals surface area contributed by atoms with Gasteiger partial charge in [0.05, 0.1) is 44.5 Å². The van der Waals surface area contributed by atoms with Crippen LogP contribution in [0.25, 0.3) is 55.2 Å². The van der Waals surface area contributed by atoms with E-state index in [1.54, 1.807) is 36.5 Å². The third kappa shape index (κ3) is 6.29. The van der Waals surface area contributed by atoms with Gasteiger partial charge in [-0.1, -0.05) is 48.0 Å². The number of hydrogen-bond donors (Lipinski definition) is 1. The van der Waals surface area contributed by atoms with Crippen molar-refractivity contribution in [3.8, 4) is 23.5 Å². The minimum atomic E-state index is -0.689. The van der Waals surface area contributed by atoms with Crippen LogP contribution in [0.2, 0.25) is 5.15 Å². The fraction of sp³-hybridized carbons (Fsp3) is 0.0526. The molecular weight excluding hydrogens is 743 g/mol. The van der Waals surface area contributed by atoms with E-state index in [1.165, 1.54) is 21.4 Å². The van der Waals surface area contributed by atoms with Gasteiger partial charge in [0.2, 0.25) is 0 Å². The number of carbonyl (C=O) groups is 1. The second kappa shape index (κ2) is 15.1. The average Bonchev–Trinajstić information content (AvgIpc) is 3.61. The predicted molar refractivity (Wildman–Crippen MR) is 196 cm³/mol. The van der Waals surface area contributed by atoms with Crippen LogP contribution in [0.4, 0.5) is 0 Å². The molecule has 0 aliphatic rings. The van der Waals surface area contributed by atoms with E-state index in [2.05, 4.69) is 9.97 Å². The number of hydrogen-bond acceptors (Lipinski definition) is 8. The van der Waals surface area contributed by atoms with Gasteiger partial charge < -0.3 is 26.7 Å². The van der Waals surface area contributed by atoms with Crippen molar-refractivity contribution in [2.45, 2.75) is 0 Å². The number of primary amides is 1. The van der Waals surface area contributed by atoms with Crippen LogP contribution in [0, 0.1) is 34.5 Å². The number of nitrogens with two attached hydrogens (primary N) is 1. The van der Waals surface area contributed by atoms with Gasteiger partial charge in [-0.25, -0.2) is 4.98 Å². The van der Waals surface area contributed by atoms with Crippen LogP contribution in [0.1, 0.15) is 21.6 Å². The van der Waals surface area contributed by atoms with E-state index < -0.39 is 11.5 Å². The van der Waals surface area contributed by atoms with E-state index in [0.29, 0.717) is 16.9 Å². The van der Waals surface area contributed by atoms with Crippen LogP contribution < -0.4 is 16.9 Å². The van der Waals surface area contributed by atoms with Gasteiger partial charge in [-0.3, -0.25) is 28.5 Å². The molecule has 2 aromatic carbocycles. The topological polar surface area (TPSA) is 194 Å². The molecule has 0 fully saturated rings. The standard InChI is InChI=1S/C19H13N5O2.C18H11ClN4O.CN.Cu/c1-23-15-5-3-2-4-13(15)17-16(23)8-11(10-20)19(26)24(17)12-6-7-22-14(9-12)18(21)25;1-22-14-5-3-2-4-13(14)17-15(22)8-11(10-20)18(24)23(17)12-6-7-21-16(19)9-12;1-2;/h2-9H,1H3,(H2,21,25);2-9H,1H3;;/q;;-1;+1. The maximum Gasteiger partial charge on any atom is 1.00 e. The normalized spacial score (nSPS) is 10.4.